The van der Waals surface area contributed by atoms with Gasteiger partial charge in [0.05, 0.1) is 5.75 Å². The van der Waals surface area contributed by atoms with E-state index in [1.807, 2.05) is 39.0 Å². The SMILES string of the molecule is CCCNC(=O)CSc1nnc(COc2cc(C)ccc2C)o1. The topological polar surface area (TPSA) is 77.2 Å². The fourth-order valence-corrected chi connectivity index (χ4v) is 2.41. The maximum absolute atomic E-state index is 11.5. The number of aromatic nitrogens is 2. The molecule has 2 aromatic rings. The molecule has 0 aliphatic rings. The third-order valence-corrected chi connectivity index (χ3v) is 3.86. The van der Waals surface area contributed by atoms with Gasteiger partial charge >= 0.3 is 0 Å². The maximum Gasteiger partial charge on any atom is 0.277 e. The summed E-state index contributed by atoms with van der Waals surface area (Å²) in [5.41, 5.74) is 2.18. The predicted molar refractivity (Wildman–Crippen MR) is 88.6 cm³/mol. The minimum atomic E-state index is -0.0387. The lowest BCUT2D eigenvalue weighted by Gasteiger charge is -2.07. The molecule has 0 bridgehead atoms. The van der Waals surface area contributed by atoms with Crippen molar-refractivity contribution in [3.8, 4) is 5.75 Å². The standard InChI is InChI=1S/C16H21N3O3S/c1-4-7-17-14(20)10-23-16-19-18-15(22-16)9-21-13-8-11(2)5-6-12(13)3/h5-6,8H,4,7,9-10H2,1-3H3,(H,17,20). The van der Waals surface area contributed by atoms with E-state index in [0.717, 1.165) is 23.3 Å². The number of amides is 1. The molecule has 0 radical (unpaired) electrons. The van der Waals surface area contributed by atoms with Crippen molar-refractivity contribution in [1.82, 2.24) is 15.5 Å². The zero-order chi connectivity index (χ0) is 16.7. The van der Waals surface area contributed by atoms with Crippen molar-refractivity contribution in [2.45, 2.75) is 39.0 Å². The van der Waals surface area contributed by atoms with Crippen LogP contribution in [0.3, 0.4) is 0 Å². The molecule has 0 fully saturated rings. The van der Waals surface area contributed by atoms with E-state index in [2.05, 4.69) is 15.5 Å². The Kier molecular flexibility index (Phi) is 6.46. The zero-order valence-corrected chi connectivity index (χ0v) is 14.4. The molecule has 0 atom stereocenters. The summed E-state index contributed by atoms with van der Waals surface area (Å²) in [7, 11) is 0. The maximum atomic E-state index is 11.5. The first-order valence-corrected chi connectivity index (χ1v) is 8.49. The second-order valence-corrected chi connectivity index (χ2v) is 6.08. The normalized spacial score (nSPS) is 10.6. The Labute approximate surface area is 140 Å². The van der Waals surface area contributed by atoms with Gasteiger partial charge in [0.15, 0.2) is 6.61 Å². The number of ether oxygens (including phenoxy) is 1. The third kappa shape index (κ3) is 5.59. The van der Waals surface area contributed by atoms with E-state index in [0.29, 0.717) is 17.7 Å². The number of hydrogen-bond acceptors (Lipinski definition) is 6. The van der Waals surface area contributed by atoms with Crippen molar-refractivity contribution in [2.75, 3.05) is 12.3 Å². The number of aryl methyl sites for hydroxylation is 2. The Morgan fingerprint density at radius 2 is 2.17 bits per heavy atom. The quantitative estimate of drug-likeness (QED) is 0.748. The highest BCUT2D eigenvalue weighted by Crippen LogP contribution is 2.21. The van der Waals surface area contributed by atoms with Crippen molar-refractivity contribution in [2.24, 2.45) is 0 Å². The van der Waals surface area contributed by atoms with Crippen LogP contribution in [0.1, 0.15) is 30.4 Å². The smallest absolute Gasteiger partial charge is 0.277 e. The number of thioether (sulfide) groups is 1. The minimum absolute atomic E-state index is 0.0387. The Balaban J connectivity index is 1.82. The van der Waals surface area contributed by atoms with Crippen LogP contribution in [0, 0.1) is 13.8 Å². The van der Waals surface area contributed by atoms with Gasteiger partial charge < -0.3 is 14.5 Å². The van der Waals surface area contributed by atoms with E-state index in [1.165, 1.54) is 11.8 Å². The van der Waals surface area contributed by atoms with Crippen molar-refractivity contribution in [3.63, 3.8) is 0 Å². The largest absolute Gasteiger partial charge is 0.484 e. The number of hydrogen-bond donors (Lipinski definition) is 1. The monoisotopic (exact) mass is 335 g/mol. The number of rotatable bonds is 8. The van der Waals surface area contributed by atoms with Gasteiger partial charge in [-0.05, 0) is 37.5 Å². The van der Waals surface area contributed by atoms with Crippen molar-refractivity contribution < 1.29 is 13.9 Å². The average molecular weight is 335 g/mol. The van der Waals surface area contributed by atoms with Crippen LogP contribution in [-0.2, 0) is 11.4 Å². The summed E-state index contributed by atoms with van der Waals surface area (Å²) < 4.78 is 11.2. The van der Waals surface area contributed by atoms with E-state index < -0.39 is 0 Å². The molecule has 1 aromatic carbocycles. The zero-order valence-electron chi connectivity index (χ0n) is 13.6. The summed E-state index contributed by atoms with van der Waals surface area (Å²) in [6.07, 6.45) is 0.914. The number of nitrogens with zero attached hydrogens (tertiary/aromatic N) is 2. The van der Waals surface area contributed by atoms with E-state index in [4.69, 9.17) is 9.15 Å². The van der Waals surface area contributed by atoms with Crippen molar-refractivity contribution >= 4 is 17.7 Å². The van der Waals surface area contributed by atoms with Crippen LogP contribution in [0.15, 0.2) is 27.8 Å². The Morgan fingerprint density at radius 3 is 2.96 bits per heavy atom. The Bertz CT molecular complexity index is 658. The molecule has 0 saturated heterocycles. The molecule has 1 amide bonds. The summed E-state index contributed by atoms with van der Waals surface area (Å²) in [5, 5.41) is 11.0. The summed E-state index contributed by atoms with van der Waals surface area (Å²) in [5.74, 6) is 1.42. The molecular formula is C16H21N3O3S. The van der Waals surface area contributed by atoms with Crippen LogP contribution >= 0.6 is 11.8 Å². The van der Waals surface area contributed by atoms with E-state index in [-0.39, 0.29) is 18.3 Å². The second-order valence-electron chi connectivity index (χ2n) is 5.16. The number of benzene rings is 1. The van der Waals surface area contributed by atoms with Gasteiger partial charge in [0.25, 0.3) is 11.1 Å². The molecule has 0 saturated carbocycles. The molecule has 2 rings (SSSR count). The summed E-state index contributed by atoms with van der Waals surface area (Å²) in [6.45, 7) is 6.89. The Hall–Kier alpha value is -2.02. The van der Waals surface area contributed by atoms with Gasteiger partial charge in [0.1, 0.15) is 5.75 Å². The Morgan fingerprint density at radius 1 is 1.35 bits per heavy atom. The summed E-state index contributed by atoms with van der Waals surface area (Å²) in [4.78, 5) is 11.5. The summed E-state index contributed by atoms with van der Waals surface area (Å²) in [6, 6.07) is 6.02. The van der Waals surface area contributed by atoms with Crippen LogP contribution in [0.25, 0.3) is 0 Å². The summed E-state index contributed by atoms with van der Waals surface area (Å²) >= 11 is 1.22. The van der Waals surface area contributed by atoms with Gasteiger partial charge in [0, 0.05) is 6.54 Å². The van der Waals surface area contributed by atoms with Gasteiger partial charge in [-0.3, -0.25) is 4.79 Å². The number of carbonyl (C=O) groups excluding carboxylic acids is 1. The van der Waals surface area contributed by atoms with Crippen molar-refractivity contribution in [1.29, 1.82) is 0 Å². The first-order valence-electron chi connectivity index (χ1n) is 7.50. The van der Waals surface area contributed by atoms with Gasteiger partial charge in [-0.15, -0.1) is 10.2 Å². The van der Waals surface area contributed by atoms with Crippen LogP contribution in [0.4, 0.5) is 0 Å². The molecule has 0 spiro atoms. The van der Waals surface area contributed by atoms with Crippen LogP contribution in [0.2, 0.25) is 0 Å². The number of nitrogens with one attached hydrogen (secondary N) is 1. The first kappa shape index (κ1) is 17.3. The molecular weight excluding hydrogens is 314 g/mol. The van der Waals surface area contributed by atoms with Gasteiger partial charge in [0.2, 0.25) is 5.91 Å². The molecule has 6 nitrogen and oxygen atoms in total. The average Bonchev–Trinajstić information content (AvgIpc) is 2.99. The second kappa shape index (κ2) is 8.57. The lowest BCUT2D eigenvalue weighted by Crippen LogP contribution is -2.25. The fourth-order valence-electron chi connectivity index (χ4n) is 1.80. The van der Waals surface area contributed by atoms with Gasteiger partial charge in [-0.1, -0.05) is 30.8 Å². The van der Waals surface area contributed by atoms with E-state index >= 15 is 0 Å². The minimum Gasteiger partial charge on any atom is -0.484 e. The molecule has 1 N–H and O–H groups in total. The van der Waals surface area contributed by atoms with E-state index in [9.17, 15) is 4.79 Å². The molecule has 0 unspecified atom stereocenters. The highest BCUT2D eigenvalue weighted by atomic mass is 32.2. The lowest BCUT2D eigenvalue weighted by atomic mass is 10.1. The molecule has 0 aliphatic heterocycles. The number of carbonyl (C=O) groups is 1. The van der Waals surface area contributed by atoms with Crippen molar-refractivity contribution in [3.05, 3.63) is 35.2 Å². The molecule has 1 aromatic heterocycles. The molecule has 23 heavy (non-hydrogen) atoms. The van der Waals surface area contributed by atoms with Gasteiger partial charge in [-0.25, -0.2) is 0 Å². The van der Waals surface area contributed by atoms with Crippen LogP contribution < -0.4 is 10.1 Å². The highest BCUT2D eigenvalue weighted by molar-refractivity contribution is 7.99. The van der Waals surface area contributed by atoms with E-state index in [1.54, 1.807) is 0 Å². The highest BCUT2D eigenvalue weighted by Gasteiger charge is 2.10. The predicted octanol–water partition coefficient (Wildman–Crippen LogP) is 2.88. The third-order valence-electron chi connectivity index (χ3n) is 3.04. The van der Waals surface area contributed by atoms with Gasteiger partial charge in [-0.2, -0.15) is 0 Å². The molecule has 124 valence electrons. The molecule has 1 heterocycles. The molecule has 0 aliphatic carbocycles. The molecule has 7 heteroatoms. The van der Waals surface area contributed by atoms with Crippen LogP contribution in [0.5, 0.6) is 5.75 Å². The first-order chi connectivity index (χ1) is 11.1. The van der Waals surface area contributed by atoms with Crippen LogP contribution in [-0.4, -0.2) is 28.4 Å². The lowest BCUT2D eigenvalue weighted by molar-refractivity contribution is -0.118. The fraction of sp³-hybridized carbons (Fsp3) is 0.438.